The molecule has 1 aliphatic rings. The summed E-state index contributed by atoms with van der Waals surface area (Å²) in [5.74, 6) is -0.381. The fraction of sp³-hybridized carbons (Fsp3) is 0.318. The Labute approximate surface area is 174 Å². The highest BCUT2D eigenvalue weighted by Crippen LogP contribution is 2.18. The molecule has 30 heavy (non-hydrogen) atoms. The van der Waals surface area contributed by atoms with Gasteiger partial charge < -0.3 is 4.74 Å². The maximum absolute atomic E-state index is 13.3. The van der Waals surface area contributed by atoms with Crippen molar-refractivity contribution in [2.45, 2.75) is 13.5 Å². The van der Waals surface area contributed by atoms with Crippen LogP contribution in [0.1, 0.15) is 21.5 Å². The number of hydrogen-bond donors (Lipinski definition) is 1. The largest absolute Gasteiger partial charge is 0.379 e. The first-order valence-corrected chi connectivity index (χ1v) is 9.81. The second-order valence-corrected chi connectivity index (χ2v) is 7.30. The Morgan fingerprint density at radius 3 is 2.77 bits per heavy atom. The van der Waals surface area contributed by atoms with Crippen LogP contribution in [0.3, 0.4) is 0 Å². The molecule has 2 aromatic carbocycles. The molecule has 3 aromatic rings. The van der Waals surface area contributed by atoms with Gasteiger partial charge in [0.15, 0.2) is 0 Å². The van der Waals surface area contributed by atoms with Crippen LogP contribution in [0.5, 0.6) is 0 Å². The average molecular weight is 408 g/mol. The van der Waals surface area contributed by atoms with Crippen LogP contribution < -0.4 is 11.0 Å². The van der Waals surface area contributed by atoms with Crippen LogP contribution in [-0.2, 0) is 16.1 Å². The standard InChI is InChI=1S/C22H24N4O4/c1-15-3-5-17(21(27)24-29-2)12-20(15)26-14-23-19-6-4-16(11-18(19)22(26)28)13-25-7-9-30-10-8-25/h3-6,11-12,14H,7-10,13H2,1-2H3,(H,24,27). The molecule has 0 atom stereocenters. The molecular weight excluding hydrogens is 384 g/mol. The number of nitrogens with one attached hydrogen (secondary N) is 1. The van der Waals surface area contributed by atoms with Gasteiger partial charge in [0.05, 0.1) is 36.9 Å². The molecule has 1 N–H and O–H groups in total. The number of rotatable bonds is 5. The highest BCUT2D eigenvalue weighted by molar-refractivity contribution is 5.94. The van der Waals surface area contributed by atoms with E-state index in [-0.39, 0.29) is 11.5 Å². The molecule has 2 heterocycles. The van der Waals surface area contributed by atoms with E-state index in [1.54, 1.807) is 18.2 Å². The van der Waals surface area contributed by atoms with Crippen LogP contribution in [0.2, 0.25) is 0 Å². The van der Waals surface area contributed by atoms with E-state index in [9.17, 15) is 9.59 Å². The fourth-order valence-corrected chi connectivity index (χ4v) is 3.62. The molecule has 0 aliphatic carbocycles. The topological polar surface area (TPSA) is 85.7 Å². The molecular formula is C22H24N4O4. The van der Waals surface area contributed by atoms with Crippen molar-refractivity contribution in [3.8, 4) is 5.69 Å². The van der Waals surface area contributed by atoms with E-state index in [0.717, 1.165) is 44.0 Å². The Kier molecular flexibility index (Phi) is 5.89. The monoisotopic (exact) mass is 408 g/mol. The van der Waals surface area contributed by atoms with Gasteiger partial charge in [-0.05, 0) is 42.3 Å². The lowest BCUT2D eigenvalue weighted by atomic mass is 10.1. The van der Waals surface area contributed by atoms with E-state index in [1.807, 2.05) is 25.1 Å². The van der Waals surface area contributed by atoms with Gasteiger partial charge in [-0.3, -0.25) is 23.9 Å². The highest BCUT2D eigenvalue weighted by atomic mass is 16.6. The van der Waals surface area contributed by atoms with Crippen molar-refractivity contribution >= 4 is 16.8 Å². The van der Waals surface area contributed by atoms with Crippen LogP contribution in [-0.4, -0.2) is 53.8 Å². The number of ether oxygens (including phenoxy) is 1. The van der Waals surface area contributed by atoms with E-state index >= 15 is 0 Å². The van der Waals surface area contributed by atoms with Crippen molar-refractivity contribution in [1.82, 2.24) is 19.9 Å². The van der Waals surface area contributed by atoms with Crippen molar-refractivity contribution in [2.75, 3.05) is 33.4 Å². The summed E-state index contributed by atoms with van der Waals surface area (Å²) in [6, 6.07) is 10.9. The van der Waals surface area contributed by atoms with Gasteiger partial charge in [0.2, 0.25) is 0 Å². The number of morpholine rings is 1. The number of aryl methyl sites for hydroxylation is 1. The molecule has 156 valence electrons. The molecule has 0 radical (unpaired) electrons. The Morgan fingerprint density at radius 2 is 2.00 bits per heavy atom. The number of aromatic nitrogens is 2. The summed E-state index contributed by atoms with van der Waals surface area (Å²) >= 11 is 0. The number of nitrogens with zero attached hydrogens (tertiary/aromatic N) is 3. The molecule has 1 amide bonds. The van der Waals surface area contributed by atoms with E-state index in [1.165, 1.54) is 18.0 Å². The number of carbonyl (C=O) groups excluding carboxylic acids is 1. The number of carbonyl (C=O) groups is 1. The lowest BCUT2D eigenvalue weighted by molar-refractivity contribution is 0.0342. The lowest BCUT2D eigenvalue weighted by Crippen LogP contribution is -2.35. The van der Waals surface area contributed by atoms with Crippen molar-refractivity contribution in [1.29, 1.82) is 0 Å². The third-order valence-corrected chi connectivity index (χ3v) is 5.26. The Balaban J connectivity index is 1.73. The van der Waals surface area contributed by atoms with Crippen LogP contribution in [0.15, 0.2) is 47.5 Å². The Bertz CT molecular complexity index is 1140. The summed E-state index contributed by atoms with van der Waals surface area (Å²) < 4.78 is 6.89. The van der Waals surface area contributed by atoms with Crippen LogP contribution in [0.4, 0.5) is 0 Å². The number of hydrogen-bond acceptors (Lipinski definition) is 6. The molecule has 0 spiro atoms. The minimum Gasteiger partial charge on any atom is -0.379 e. The highest BCUT2D eigenvalue weighted by Gasteiger charge is 2.14. The molecule has 4 rings (SSSR count). The molecule has 8 heteroatoms. The summed E-state index contributed by atoms with van der Waals surface area (Å²) in [4.78, 5) is 36.9. The van der Waals surface area contributed by atoms with E-state index in [0.29, 0.717) is 22.2 Å². The molecule has 1 aliphatic heterocycles. The van der Waals surface area contributed by atoms with Gasteiger partial charge in [0.1, 0.15) is 6.33 Å². The summed E-state index contributed by atoms with van der Waals surface area (Å²) in [5, 5.41) is 0.550. The molecule has 1 fully saturated rings. The molecule has 1 aromatic heterocycles. The lowest BCUT2D eigenvalue weighted by Gasteiger charge is -2.26. The van der Waals surface area contributed by atoms with Crippen LogP contribution in [0, 0.1) is 6.92 Å². The van der Waals surface area contributed by atoms with Gasteiger partial charge in [0.25, 0.3) is 11.5 Å². The van der Waals surface area contributed by atoms with E-state index in [4.69, 9.17) is 9.57 Å². The second kappa shape index (κ2) is 8.74. The normalized spacial score (nSPS) is 14.7. The zero-order chi connectivity index (χ0) is 21.1. The first-order chi connectivity index (χ1) is 14.6. The molecule has 0 saturated carbocycles. The van der Waals surface area contributed by atoms with Gasteiger partial charge in [-0.25, -0.2) is 10.5 Å². The molecule has 8 nitrogen and oxygen atoms in total. The van der Waals surface area contributed by atoms with Gasteiger partial charge in [0, 0.05) is 25.2 Å². The second-order valence-electron chi connectivity index (χ2n) is 7.30. The zero-order valence-corrected chi connectivity index (χ0v) is 17.1. The molecule has 0 unspecified atom stereocenters. The van der Waals surface area contributed by atoms with Gasteiger partial charge >= 0.3 is 0 Å². The third kappa shape index (κ3) is 4.11. The predicted molar refractivity (Wildman–Crippen MR) is 113 cm³/mol. The van der Waals surface area contributed by atoms with Crippen molar-refractivity contribution in [3.05, 3.63) is 69.8 Å². The van der Waals surface area contributed by atoms with Crippen molar-refractivity contribution in [3.63, 3.8) is 0 Å². The smallest absolute Gasteiger partial charge is 0.274 e. The third-order valence-electron chi connectivity index (χ3n) is 5.26. The van der Waals surface area contributed by atoms with Crippen LogP contribution in [0.25, 0.3) is 16.6 Å². The Hall–Kier alpha value is -3.07. The molecule has 0 bridgehead atoms. The summed E-state index contributed by atoms with van der Waals surface area (Å²) in [5.41, 5.74) is 5.69. The summed E-state index contributed by atoms with van der Waals surface area (Å²) in [7, 11) is 1.37. The average Bonchev–Trinajstić information content (AvgIpc) is 2.76. The quantitative estimate of drug-likeness (QED) is 0.648. The van der Waals surface area contributed by atoms with Crippen LogP contribution >= 0.6 is 0 Å². The first kappa shape index (κ1) is 20.2. The number of fused-ring (bicyclic) bond motifs is 1. The molecule has 1 saturated heterocycles. The van der Waals surface area contributed by atoms with Crippen molar-refractivity contribution < 1.29 is 14.4 Å². The fourth-order valence-electron chi connectivity index (χ4n) is 3.62. The first-order valence-electron chi connectivity index (χ1n) is 9.81. The Morgan fingerprint density at radius 1 is 1.20 bits per heavy atom. The minimum absolute atomic E-state index is 0.170. The van der Waals surface area contributed by atoms with E-state index in [2.05, 4.69) is 15.4 Å². The number of hydroxylamine groups is 1. The SMILES string of the molecule is CONC(=O)c1ccc(C)c(-n2cnc3ccc(CN4CCOCC4)cc3c2=O)c1. The van der Waals surface area contributed by atoms with Gasteiger partial charge in [-0.1, -0.05) is 12.1 Å². The maximum Gasteiger partial charge on any atom is 0.274 e. The summed E-state index contributed by atoms with van der Waals surface area (Å²) in [6.07, 6.45) is 1.51. The number of benzene rings is 2. The number of amides is 1. The van der Waals surface area contributed by atoms with Gasteiger partial charge in [-0.15, -0.1) is 0 Å². The zero-order valence-electron chi connectivity index (χ0n) is 17.1. The van der Waals surface area contributed by atoms with Crippen molar-refractivity contribution in [2.24, 2.45) is 0 Å². The predicted octanol–water partition coefficient (Wildman–Crippen LogP) is 1.82. The minimum atomic E-state index is -0.381. The maximum atomic E-state index is 13.3. The van der Waals surface area contributed by atoms with Gasteiger partial charge in [-0.2, -0.15) is 0 Å². The summed E-state index contributed by atoms with van der Waals surface area (Å²) in [6.45, 7) is 5.87. The van der Waals surface area contributed by atoms with E-state index < -0.39 is 0 Å².